The Morgan fingerprint density at radius 3 is 2.50 bits per heavy atom. The number of morpholine rings is 1. The fourth-order valence-corrected chi connectivity index (χ4v) is 4.62. The molecule has 0 spiro atoms. The lowest BCUT2D eigenvalue weighted by atomic mass is 9.98. The first-order valence-electron chi connectivity index (χ1n) is 12.3. The first-order chi connectivity index (χ1) is 17.3. The Kier molecular flexibility index (Phi) is 8.72. The fraction of sp³-hybridized carbons (Fsp3) is 0.444. The van der Waals surface area contributed by atoms with Crippen molar-refractivity contribution in [1.29, 1.82) is 0 Å². The van der Waals surface area contributed by atoms with Crippen molar-refractivity contribution >= 4 is 29.1 Å². The minimum absolute atomic E-state index is 0.0860. The van der Waals surface area contributed by atoms with Gasteiger partial charge >= 0.3 is 0 Å². The lowest BCUT2D eigenvalue weighted by molar-refractivity contribution is -0.143. The predicted molar refractivity (Wildman–Crippen MR) is 137 cm³/mol. The summed E-state index contributed by atoms with van der Waals surface area (Å²) >= 11 is 6.08. The second-order valence-corrected chi connectivity index (χ2v) is 9.84. The van der Waals surface area contributed by atoms with Crippen molar-refractivity contribution in [3.63, 3.8) is 0 Å². The van der Waals surface area contributed by atoms with Crippen LogP contribution >= 0.6 is 11.6 Å². The SMILES string of the molecule is CC(C)C(=O)N(CCN1CCOCC1)CC(=O)N1N=C(c2ccccc2F)CC1c1ccc(Cl)cc1. The van der Waals surface area contributed by atoms with Crippen LogP contribution < -0.4 is 0 Å². The molecule has 1 fully saturated rings. The molecular formula is C27H32ClFN4O3. The molecule has 4 rings (SSSR count). The average Bonchev–Trinajstić information content (AvgIpc) is 3.32. The molecule has 7 nitrogen and oxygen atoms in total. The molecule has 9 heteroatoms. The number of amides is 2. The van der Waals surface area contributed by atoms with E-state index < -0.39 is 6.04 Å². The monoisotopic (exact) mass is 514 g/mol. The number of nitrogens with zero attached hydrogens (tertiary/aromatic N) is 4. The van der Waals surface area contributed by atoms with Gasteiger partial charge in [0, 0.05) is 49.1 Å². The van der Waals surface area contributed by atoms with E-state index in [0.717, 1.165) is 18.7 Å². The van der Waals surface area contributed by atoms with Gasteiger partial charge in [0.25, 0.3) is 5.91 Å². The van der Waals surface area contributed by atoms with E-state index >= 15 is 0 Å². The zero-order chi connectivity index (χ0) is 25.7. The molecular weight excluding hydrogens is 483 g/mol. The summed E-state index contributed by atoms with van der Waals surface area (Å²) in [6.07, 6.45) is 0.361. The number of halogens is 2. The van der Waals surface area contributed by atoms with Gasteiger partial charge in [-0.3, -0.25) is 14.5 Å². The van der Waals surface area contributed by atoms with Crippen LogP contribution in [0.1, 0.15) is 37.4 Å². The van der Waals surface area contributed by atoms with E-state index in [2.05, 4.69) is 10.0 Å². The lowest BCUT2D eigenvalue weighted by Crippen LogP contribution is -2.47. The number of ether oxygens (including phenoxy) is 1. The van der Waals surface area contributed by atoms with Crippen molar-refractivity contribution in [2.24, 2.45) is 11.0 Å². The van der Waals surface area contributed by atoms with Gasteiger partial charge in [-0.1, -0.05) is 55.8 Å². The molecule has 0 aliphatic carbocycles. The Labute approximate surface area is 216 Å². The first-order valence-corrected chi connectivity index (χ1v) is 12.7. The zero-order valence-electron chi connectivity index (χ0n) is 20.7. The third-order valence-electron chi connectivity index (χ3n) is 6.53. The number of carbonyl (C=O) groups is 2. The number of hydrogen-bond acceptors (Lipinski definition) is 5. The summed E-state index contributed by atoms with van der Waals surface area (Å²) < 4.78 is 20.0. The summed E-state index contributed by atoms with van der Waals surface area (Å²) in [6, 6.07) is 13.2. The standard InChI is InChI=1S/C27H32ClFN4O3/c1-19(2)27(35)32(12-11-31-13-15-36-16-14-31)18-26(34)33-25(20-7-9-21(28)10-8-20)17-24(30-33)22-5-3-4-6-23(22)29/h3-10,19,25H,11-18H2,1-2H3. The molecule has 1 unspecified atom stereocenters. The molecule has 0 aromatic heterocycles. The molecule has 36 heavy (non-hydrogen) atoms. The van der Waals surface area contributed by atoms with Crippen LogP contribution in [0.15, 0.2) is 53.6 Å². The molecule has 0 saturated carbocycles. The van der Waals surface area contributed by atoms with E-state index in [-0.39, 0.29) is 30.1 Å². The van der Waals surface area contributed by atoms with E-state index in [4.69, 9.17) is 16.3 Å². The Bertz CT molecular complexity index is 1100. The van der Waals surface area contributed by atoms with Crippen LogP contribution in [0.4, 0.5) is 4.39 Å². The van der Waals surface area contributed by atoms with Gasteiger partial charge in [-0.25, -0.2) is 9.40 Å². The summed E-state index contributed by atoms with van der Waals surface area (Å²) in [4.78, 5) is 30.5. The normalized spacial score (nSPS) is 18.4. The highest BCUT2D eigenvalue weighted by atomic mass is 35.5. The largest absolute Gasteiger partial charge is 0.379 e. The van der Waals surface area contributed by atoms with Crippen molar-refractivity contribution < 1.29 is 18.7 Å². The van der Waals surface area contributed by atoms with E-state index in [1.165, 1.54) is 11.1 Å². The van der Waals surface area contributed by atoms with Gasteiger partial charge < -0.3 is 9.64 Å². The highest BCUT2D eigenvalue weighted by molar-refractivity contribution is 6.30. The van der Waals surface area contributed by atoms with E-state index in [1.54, 1.807) is 35.2 Å². The molecule has 2 aliphatic heterocycles. The molecule has 2 aromatic carbocycles. The first kappa shape index (κ1) is 26.3. The van der Waals surface area contributed by atoms with Crippen LogP contribution in [0.25, 0.3) is 0 Å². The van der Waals surface area contributed by atoms with Crippen LogP contribution in [0.2, 0.25) is 5.02 Å². The molecule has 0 N–H and O–H groups in total. The summed E-state index contributed by atoms with van der Waals surface area (Å²) in [5.74, 6) is -1.03. The fourth-order valence-electron chi connectivity index (χ4n) is 4.50. The number of hydrazone groups is 1. The third kappa shape index (κ3) is 6.30. The summed E-state index contributed by atoms with van der Waals surface area (Å²) in [5, 5.41) is 6.56. The average molecular weight is 515 g/mol. The molecule has 2 heterocycles. The molecule has 0 radical (unpaired) electrons. The molecule has 1 saturated heterocycles. The van der Waals surface area contributed by atoms with E-state index in [0.29, 0.717) is 49.0 Å². The maximum absolute atomic E-state index is 14.6. The maximum Gasteiger partial charge on any atom is 0.262 e. The summed E-state index contributed by atoms with van der Waals surface area (Å²) in [7, 11) is 0. The predicted octanol–water partition coefficient (Wildman–Crippen LogP) is 3.97. The van der Waals surface area contributed by atoms with Crippen molar-refractivity contribution in [3.8, 4) is 0 Å². The Morgan fingerprint density at radius 2 is 1.83 bits per heavy atom. The summed E-state index contributed by atoms with van der Waals surface area (Å²) in [6.45, 7) is 7.61. The number of rotatable bonds is 8. The quantitative estimate of drug-likeness (QED) is 0.534. The van der Waals surface area contributed by atoms with Crippen LogP contribution in [0, 0.1) is 11.7 Å². The molecule has 2 aromatic rings. The molecule has 192 valence electrons. The number of carbonyl (C=O) groups excluding carboxylic acids is 2. The van der Waals surface area contributed by atoms with Gasteiger partial charge in [-0.15, -0.1) is 0 Å². The van der Waals surface area contributed by atoms with Crippen molar-refractivity contribution in [2.75, 3.05) is 45.9 Å². The van der Waals surface area contributed by atoms with Gasteiger partial charge in [0.1, 0.15) is 12.4 Å². The van der Waals surface area contributed by atoms with Crippen molar-refractivity contribution in [2.45, 2.75) is 26.3 Å². The van der Waals surface area contributed by atoms with Gasteiger partial charge in [0.05, 0.1) is 25.0 Å². The zero-order valence-corrected chi connectivity index (χ0v) is 21.5. The highest BCUT2D eigenvalue weighted by Crippen LogP contribution is 2.34. The highest BCUT2D eigenvalue weighted by Gasteiger charge is 2.35. The topological polar surface area (TPSA) is 65.5 Å². The van der Waals surface area contributed by atoms with Gasteiger partial charge in [0.15, 0.2) is 0 Å². The Morgan fingerprint density at radius 1 is 1.14 bits per heavy atom. The molecule has 2 aliphatic rings. The lowest BCUT2D eigenvalue weighted by Gasteiger charge is -2.31. The second kappa shape index (κ2) is 12.0. The van der Waals surface area contributed by atoms with Crippen LogP contribution in [-0.4, -0.2) is 78.3 Å². The Hall–Kier alpha value is -2.81. The minimum atomic E-state index is -0.417. The smallest absolute Gasteiger partial charge is 0.262 e. The number of hydrogen-bond donors (Lipinski definition) is 0. The van der Waals surface area contributed by atoms with Crippen molar-refractivity contribution in [1.82, 2.24) is 14.8 Å². The van der Waals surface area contributed by atoms with Crippen molar-refractivity contribution in [3.05, 3.63) is 70.5 Å². The summed E-state index contributed by atoms with van der Waals surface area (Å²) in [5.41, 5.74) is 1.71. The van der Waals surface area contributed by atoms with Gasteiger partial charge in [0.2, 0.25) is 5.91 Å². The molecule has 1 atom stereocenters. The maximum atomic E-state index is 14.6. The van der Waals surface area contributed by atoms with Gasteiger partial charge in [-0.2, -0.15) is 5.10 Å². The van der Waals surface area contributed by atoms with Crippen LogP contribution in [-0.2, 0) is 14.3 Å². The van der Waals surface area contributed by atoms with E-state index in [9.17, 15) is 14.0 Å². The molecule has 2 amide bonds. The molecule has 0 bridgehead atoms. The number of benzene rings is 2. The minimum Gasteiger partial charge on any atom is -0.379 e. The van der Waals surface area contributed by atoms with E-state index in [1.807, 2.05) is 26.0 Å². The third-order valence-corrected chi connectivity index (χ3v) is 6.78. The van der Waals surface area contributed by atoms with Crippen LogP contribution in [0.3, 0.4) is 0 Å². The Balaban J connectivity index is 1.57. The van der Waals surface area contributed by atoms with Gasteiger partial charge in [-0.05, 0) is 23.8 Å². The van der Waals surface area contributed by atoms with Crippen LogP contribution in [0.5, 0.6) is 0 Å². The second-order valence-electron chi connectivity index (χ2n) is 9.40.